The Morgan fingerprint density at radius 2 is 2.29 bits per heavy atom. The van der Waals surface area contributed by atoms with E-state index in [1.54, 1.807) is 6.07 Å². The van der Waals surface area contributed by atoms with E-state index >= 15 is 0 Å². The van der Waals surface area contributed by atoms with Gasteiger partial charge in [0.1, 0.15) is 5.75 Å². The molecular weight excluding hydrogens is 252 g/mol. The molecule has 0 atom stereocenters. The normalized spacial score (nSPS) is 14.4. The molecule has 0 saturated carbocycles. The first-order chi connectivity index (χ1) is 6.68. The van der Waals surface area contributed by atoms with Crippen LogP contribution in [-0.4, -0.2) is 17.9 Å². The van der Waals surface area contributed by atoms with Gasteiger partial charge >= 0.3 is 5.97 Å². The van der Waals surface area contributed by atoms with Crippen LogP contribution in [0.4, 0.5) is 0 Å². The number of aromatic carboxylic acids is 1. The summed E-state index contributed by atoms with van der Waals surface area (Å²) in [6.45, 7) is 0.590. The standard InChI is InChI=1S/C9H7BrO4/c10-7-2-5(9(11)12)1-6-3-13-4-14-8(6)7/h1-2H,3-4H2,(H,11,12). The van der Waals surface area contributed by atoms with Crippen molar-refractivity contribution in [1.29, 1.82) is 0 Å². The Morgan fingerprint density at radius 1 is 1.50 bits per heavy atom. The maximum absolute atomic E-state index is 10.7. The molecule has 0 saturated heterocycles. The van der Waals surface area contributed by atoms with Gasteiger partial charge < -0.3 is 14.6 Å². The molecule has 0 aliphatic carbocycles. The summed E-state index contributed by atoms with van der Waals surface area (Å²) >= 11 is 3.26. The average molecular weight is 259 g/mol. The zero-order chi connectivity index (χ0) is 10.1. The monoisotopic (exact) mass is 258 g/mol. The highest BCUT2D eigenvalue weighted by Crippen LogP contribution is 2.33. The molecule has 0 spiro atoms. The summed E-state index contributed by atoms with van der Waals surface area (Å²) in [7, 11) is 0. The topological polar surface area (TPSA) is 55.8 Å². The number of hydrogen-bond acceptors (Lipinski definition) is 3. The number of hydrogen-bond donors (Lipinski definition) is 1. The Kier molecular flexibility index (Phi) is 2.43. The van der Waals surface area contributed by atoms with Gasteiger partial charge in [-0.2, -0.15) is 0 Å². The van der Waals surface area contributed by atoms with Crippen LogP contribution in [0.2, 0.25) is 0 Å². The summed E-state index contributed by atoms with van der Waals surface area (Å²) in [5.74, 6) is -0.291. The van der Waals surface area contributed by atoms with E-state index in [1.165, 1.54) is 6.07 Å². The van der Waals surface area contributed by atoms with Crippen LogP contribution in [-0.2, 0) is 11.3 Å². The Hall–Kier alpha value is -1.07. The summed E-state index contributed by atoms with van der Waals surface area (Å²) in [6.07, 6.45) is 0. The molecule has 1 aromatic rings. The molecule has 0 amide bonds. The lowest BCUT2D eigenvalue weighted by Gasteiger charge is -2.19. The fraction of sp³-hybridized carbons (Fsp3) is 0.222. The lowest BCUT2D eigenvalue weighted by molar-refractivity contribution is -0.0169. The van der Waals surface area contributed by atoms with Gasteiger partial charge in [0, 0.05) is 5.56 Å². The van der Waals surface area contributed by atoms with Crippen molar-refractivity contribution < 1.29 is 19.4 Å². The second-order valence-corrected chi connectivity index (χ2v) is 3.72. The molecule has 14 heavy (non-hydrogen) atoms. The minimum Gasteiger partial charge on any atom is -0.478 e. The van der Waals surface area contributed by atoms with E-state index in [4.69, 9.17) is 14.6 Å². The van der Waals surface area contributed by atoms with Crippen LogP contribution in [0.1, 0.15) is 15.9 Å². The van der Waals surface area contributed by atoms with Crippen LogP contribution in [0.5, 0.6) is 5.75 Å². The smallest absolute Gasteiger partial charge is 0.335 e. The van der Waals surface area contributed by atoms with E-state index in [-0.39, 0.29) is 12.4 Å². The minimum atomic E-state index is -0.959. The molecule has 1 N–H and O–H groups in total. The summed E-state index contributed by atoms with van der Waals surface area (Å²) < 4.78 is 10.9. The Morgan fingerprint density at radius 3 is 3.00 bits per heavy atom. The van der Waals surface area contributed by atoms with Crippen molar-refractivity contribution in [3.05, 3.63) is 27.7 Å². The molecule has 1 heterocycles. The number of carbonyl (C=O) groups is 1. The molecule has 1 aliphatic rings. The predicted molar refractivity (Wildman–Crippen MR) is 51.4 cm³/mol. The first-order valence-electron chi connectivity index (χ1n) is 3.95. The summed E-state index contributed by atoms with van der Waals surface area (Å²) in [6, 6.07) is 3.08. The van der Waals surface area contributed by atoms with E-state index in [2.05, 4.69) is 15.9 Å². The molecule has 2 rings (SSSR count). The van der Waals surface area contributed by atoms with Crippen LogP contribution in [0.3, 0.4) is 0 Å². The highest BCUT2D eigenvalue weighted by molar-refractivity contribution is 9.10. The van der Waals surface area contributed by atoms with E-state index in [0.717, 1.165) is 5.56 Å². The number of rotatable bonds is 1. The van der Waals surface area contributed by atoms with Crippen molar-refractivity contribution in [1.82, 2.24) is 0 Å². The Balaban J connectivity index is 2.51. The van der Waals surface area contributed by atoms with Crippen LogP contribution >= 0.6 is 15.9 Å². The lowest BCUT2D eigenvalue weighted by atomic mass is 10.1. The largest absolute Gasteiger partial charge is 0.478 e. The van der Waals surface area contributed by atoms with Crippen LogP contribution in [0.25, 0.3) is 0 Å². The van der Waals surface area contributed by atoms with E-state index < -0.39 is 5.97 Å². The van der Waals surface area contributed by atoms with Gasteiger partial charge in [-0.3, -0.25) is 0 Å². The maximum Gasteiger partial charge on any atom is 0.335 e. The summed E-state index contributed by atoms with van der Waals surface area (Å²) in [5.41, 5.74) is 0.979. The molecule has 4 nitrogen and oxygen atoms in total. The number of fused-ring (bicyclic) bond motifs is 1. The number of benzene rings is 1. The molecule has 0 fully saturated rings. The zero-order valence-corrected chi connectivity index (χ0v) is 8.70. The van der Waals surface area contributed by atoms with Crippen LogP contribution in [0, 0.1) is 0 Å². The summed E-state index contributed by atoms with van der Waals surface area (Å²) in [4.78, 5) is 10.7. The Bertz CT molecular complexity index is 389. The van der Waals surface area contributed by atoms with Crippen molar-refractivity contribution in [2.75, 3.05) is 6.79 Å². The second kappa shape index (κ2) is 3.59. The summed E-state index contributed by atoms with van der Waals surface area (Å²) in [5, 5.41) is 8.81. The fourth-order valence-corrected chi connectivity index (χ4v) is 1.91. The number of carboxylic acids is 1. The SMILES string of the molecule is O=C(O)c1cc(Br)c2c(c1)COCO2. The van der Waals surface area contributed by atoms with Gasteiger partial charge in [-0.1, -0.05) is 0 Å². The zero-order valence-electron chi connectivity index (χ0n) is 7.12. The second-order valence-electron chi connectivity index (χ2n) is 2.86. The van der Waals surface area contributed by atoms with Crippen LogP contribution < -0.4 is 4.74 Å². The van der Waals surface area contributed by atoms with Crippen molar-refractivity contribution in [2.24, 2.45) is 0 Å². The highest BCUT2D eigenvalue weighted by Gasteiger charge is 2.17. The molecule has 0 bridgehead atoms. The van der Waals surface area contributed by atoms with Crippen molar-refractivity contribution >= 4 is 21.9 Å². The van der Waals surface area contributed by atoms with Crippen molar-refractivity contribution in [3.8, 4) is 5.75 Å². The first-order valence-corrected chi connectivity index (χ1v) is 4.74. The maximum atomic E-state index is 10.7. The van der Waals surface area contributed by atoms with Crippen LogP contribution in [0.15, 0.2) is 16.6 Å². The lowest BCUT2D eigenvalue weighted by Crippen LogP contribution is -2.13. The third-order valence-corrected chi connectivity index (χ3v) is 2.50. The number of ether oxygens (including phenoxy) is 2. The van der Waals surface area contributed by atoms with Gasteiger partial charge in [-0.15, -0.1) is 0 Å². The fourth-order valence-electron chi connectivity index (χ4n) is 1.29. The number of halogens is 1. The van der Waals surface area contributed by atoms with Gasteiger partial charge in [0.05, 0.1) is 16.6 Å². The molecular formula is C9H7BrO4. The predicted octanol–water partition coefficient (Wildman–Crippen LogP) is 2.01. The quantitative estimate of drug-likeness (QED) is 0.838. The minimum absolute atomic E-state index is 0.206. The van der Waals surface area contributed by atoms with Gasteiger partial charge in [-0.25, -0.2) is 4.79 Å². The molecule has 1 aromatic carbocycles. The van der Waals surface area contributed by atoms with E-state index in [0.29, 0.717) is 16.8 Å². The van der Waals surface area contributed by atoms with Gasteiger partial charge in [-0.05, 0) is 28.1 Å². The molecule has 0 aromatic heterocycles. The van der Waals surface area contributed by atoms with E-state index in [9.17, 15) is 4.79 Å². The average Bonchev–Trinajstić information content (AvgIpc) is 2.17. The molecule has 74 valence electrons. The van der Waals surface area contributed by atoms with Gasteiger partial charge in [0.25, 0.3) is 0 Å². The molecule has 5 heteroatoms. The number of carboxylic acid groups (broad SMARTS) is 1. The highest BCUT2D eigenvalue weighted by atomic mass is 79.9. The molecule has 0 unspecified atom stereocenters. The van der Waals surface area contributed by atoms with Crippen molar-refractivity contribution in [3.63, 3.8) is 0 Å². The molecule has 0 radical (unpaired) electrons. The third-order valence-electron chi connectivity index (χ3n) is 1.91. The Labute approximate surface area is 88.6 Å². The van der Waals surface area contributed by atoms with Gasteiger partial charge in [0.2, 0.25) is 0 Å². The van der Waals surface area contributed by atoms with E-state index in [1.807, 2.05) is 0 Å². The van der Waals surface area contributed by atoms with Crippen molar-refractivity contribution in [2.45, 2.75) is 6.61 Å². The first kappa shape index (κ1) is 9.48. The van der Waals surface area contributed by atoms with Gasteiger partial charge in [0.15, 0.2) is 6.79 Å². The third kappa shape index (κ3) is 1.60. The molecule has 1 aliphatic heterocycles.